The van der Waals surface area contributed by atoms with Gasteiger partial charge < -0.3 is 10.0 Å². The van der Waals surface area contributed by atoms with Gasteiger partial charge in [-0.3, -0.25) is 14.6 Å². The van der Waals surface area contributed by atoms with Crippen molar-refractivity contribution in [3.63, 3.8) is 0 Å². The SMILES string of the molecule is C=C(C)CN(CC)C(=O)CN1CCN(CC(C)O)C(C)C1. The molecule has 5 nitrogen and oxygen atoms in total. The van der Waals surface area contributed by atoms with Gasteiger partial charge in [0.25, 0.3) is 0 Å². The van der Waals surface area contributed by atoms with Crippen molar-refractivity contribution in [2.75, 3.05) is 45.8 Å². The first kappa shape index (κ1) is 18.1. The van der Waals surface area contributed by atoms with Crippen LogP contribution in [0.25, 0.3) is 0 Å². The van der Waals surface area contributed by atoms with E-state index in [1.54, 1.807) is 0 Å². The summed E-state index contributed by atoms with van der Waals surface area (Å²) in [4.78, 5) is 18.7. The number of aliphatic hydroxyl groups is 1. The Bertz CT molecular complexity index is 357. The van der Waals surface area contributed by atoms with Crippen LogP contribution in [0.3, 0.4) is 0 Å². The summed E-state index contributed by atoms with van der Waals surface area (Å²) in [5.41, 5.74) is 1.01. The molecule has 0 spiro atoms. The second-order valence-electron chi connectivity index (χ2n) is 6.29. The van der Waals surface area contributed by atoms with Crippen LogP contribution in [-0.4, -0.2) is 83.7 Å². The van der Waals surface area contributed by atoms with Gasteiger partial charge >= 0.3 is 0 Å². The molecule has 1 saturated heterocycles. The second kappa shape index (κ2) is 8.51. The third kappa shape index (κ3) is 6.16. The number of aliphatic hydroxyl groups excluding tert-OH is 1. The lowest BCUT2D eigenvalue weighted by atomic mass is 10.1. The predicted molar refractivity (Wildman–Crippen MR) is 86.2 cm³/mol. The lowest BCUT2D eigenvalue weighted by molar-refractivity contribution is -0.132. The zero-order chi connectivity index (χ0) is 16.0. The molecule has 0 aromatic carbocycles. The van der Waals surface area contributed by atoms with Gasteiger partial charge in [0.2, 0.25) is 5.91 Å². The molecule has 2 atom stereocenters. The van der Waals surface area contributed by atoms with Gasteiger partial charge in [0, 0.05) is 45.3 Å². The standard InChI is InChI=1S/C16H31N3O2/c1-6-18(9-13(2)3)16(21)12-17-7-8-19(11-15(5)20)14(4)10-17/h14-15,20H,2,6-12H2,1,3-5H3. The minimum Gasteiger partial charge on any atom is -0.392 e. The van der Waals surface area contributed by atoms with Crippen LogP contribution in [0.4, 0.5) is 0 Å². The smallest absolute Gasteiger partial charge is 0.237 e. The summed E-state index contributed by atoms with van der Waals surface area (Å²) in [5.74, 6) is 0.177. The molecule has 0 bridgehead atoms. The molecule has 1 heterocycles. The summed E-state index contributed by atoms with van der Waals surface area (Å²) in [7, 11) is 0. The zero-order valence-electron chi connectivity index (χ0n) is 14.0. The van der Waals surface area contributed by atoms with Crippen molar-refractivity contribution in [3.05, 3.63) is 12.2 Å². The van der Waals surface area contributed by atoms with Crippen molar-refractivity contribution in [1.82, 2.24) is 14.7 Å². The molecule has 0 saturated carbocycles. The van der Waals surface area contributed by atoms with Crippen molar-refractivity contribution in [2.45, 2.75) is 39.8 Å². The Morgan fingerprint density at radius 2 is 2.14 bits per heavy atom. The van der Waals surface area contributed by atoms with Crippen molar-refractivity contribution in [3.8, 4) is 0 Å². The molecule has 1 fully saturated rings. The van der Waals surface area contributed by atoms with Crippen molar-refractivity contribution in [2.24, 2.45) is 0 Å². The normalized spacial score (nSPS) is 22.0. The predicted octanol–water partition coefficient (Wildman–Crippen LogP) is 0.798. The Morgan fingerprint density at radius 3 is 2.62 bits per heavy atom. The second-order valence-corrected chi connectivity index (χ2v) is 6.29. The number of hydrogen-bond acceptors (Lipinski definition) is 4. The van der Waals surface area contributed by atoms with Gasteiger partial charge in [0.15, 0.2) is 0 Å². The highest BCUT2D eigenvalue weighted by molar-refractivity contribution is 5.78. The molecule has 1 aliphatic rings. The van der Waals surface area contributed by atoms with E-state index in [0.29, 0.717) is 25.7 Å². The molecule has 5 heteroatoms. The minimum absolute atomic E-state index is 0.177. The molecular formula is C16H31N3O2. The molecule has 122 valence electrons. The number of β-amino-alcohol motifs (C(OH)–C–C–N with tert-alkyl or cyclic N) is 1. The van der Waals surface area contributed by atoms with E-state index >= 15 is 0 Å². The largest absolute Gasteiger partial charge is 0.392 e. The van der Waals surface area contributed by atoms with E-state index in [4.69, 9.17) is 0 Å². The minimum atomic E-state index is -0.299. The van der Waals surface area contributed by atoms with Gasteiger partial charge in [-0.25, -0.2) is 0 Å². The first-order chi connectivity index (χ1) is 9.83. The topological polar surface area (TPSA) is 47.0 Å². The number of likely N-dealkylation sites (N-methyl/N-ethyl adjacent to an activating group) is 1. The molecule has 1 aliphatic heterocycles. The quantitative estimate of drug-likeness (QED) is 0.706. The van der Waals surface area contributed by atoms with Gasteiger partial charge in [-0.15, -0.1) is 0 Å². The highest BCUT2D eigenvalue weighted by Gasteiger charge is 2.26. The Labute approximate surface area is 129 Å². The Balaban J connectivity index is 2.46. The lowest BCUT2D eigenvalue weighted by Crippen LogP contribution is -2.55. The van der Waals surface area contributed by atoms with E-state index < -0.39 is 0 Å². The van der Waals surface area contributed by atoms with Gasteiger partial charge in [0.1, 0.15) is 0 Å². The van der Waals surface area contributed by atoms with Crippen LogP contribution < -0.4 is 0 Å². The summed E-state index contributed by atoms with van der Waals surface area (Å²) < 4.78 is 0. The third-order valence-electron chi connectivity index (χ3n) is 3.90. The molecule has 1 N–H and O–H groups in total. The van der Waals surface area contributed by atoms with Crippen LogP contribution in [0.2, 0.25) is 0 Å². The summed E-state index contributed by atoms with van der Waals surface area (Å²) in [6, 6.07) is 0.373. The van der Waals surface area contributed by atoms with Crippen molar-refractivity contribution >= 4 is 5.91 Å². The van der Waals surface area contributed by atoms with E-state index in [-0.39, 0.29) is 12.0 Å². The Kier molecular flexibility index (Phi) is 7.35. The maximum Gasteiger partial charge on any atom is 0.237 e. The van der Waals surface area contributed by atoms with Crippen LogP contribution in [0.5, 0.6) is 0 Å². The van der Waals surface area contributed by atoms with Crippen molar-refractivity contribution < 1.29 is 9.90 Å². The highest BCUT2D eigenvalue weighted by atomic mass is 16.3. The van der Waals surface area contributed by atoms with Gasteiger partial charge in [-0.2, -0.15) is 0 Å². The molecule has 0 radical (unpaired) electrons. The first-order valence-corrected chi connectivity index (χ1v) is 7.90. The summed E-state index contributed by atoms with van der Waals surface area (Å²) >= 11 is 0. The molecule has 1 rings (SSSR count). The average molecular weight is 297 g/mol. The Morgan fingerprint density at radius 1 is 1.48 bits per heavy atom. The maximum atomic E-state index is 12.3. The van der Waals surface area contributed by atoms with Crippen LogP contribution in [0, 0.1) is 0 Å². The summed E-state index contributed by atoms with van der Waals surface area (Å²) in [5, 5.41) is 9.50. The molecule has 2 unspecified atom stereocenters. The van der Waals surface area contributed by atoms with Gasteiger partial charge in [-0.1, -0.05) is 12.2 Å². The number of rotatable bonds is 7. The van der Waals surface area contributed by atoms with Gasteiger partial charge in [0.05, 0.1) is 12.6 Å². The molecule has 0 aromatic heterocycles. The monoisotopic (exact) mass is 297 g/mol. The third-order valence-corrected chi connectivity index (χ3v) is 3.90. The number of carbonyl (C=O) groups excluding carboxylic acids is 1. The molecule has 1 amide bonds. The zero-order valence-corrected chi connectivity index (χ0v) is 14.0. The summed E-state index contributed by atoms with van der Waals surface area (Å²) in [6.45, 7) is 17.0. The van der Waals surface area contributed by atoms with E-state index in [9.17, 15) is 9.90 Å². The Hall–Kier alpha value is -0.910. The number of nitrogens with zero attached hydrogens (tertiary/aromatic N) is 3. The molecule has 0 aromatic rings. The van der Waals surface area contributed by atoms with Crippen LogP contribution in [-0.2, 0) is 4.79 Å². The number of carbonyl (C=O) groups is 1. The lowest BCUT2D eigenvalue weighted by Gasteiger charge is -2.40. The maximum absolute atomic E-state index is 12.3. The number of piperazine rings is 1. The number of hydrogen-bond donors (Lipinski definition) is 1. The van der Waals surface area contributed by atoms with Crippen LogP contribution in [0.1, 0.15) is 27.7 Å². The molecule has 21 heavy (non-hydrogen) atoms. The van der Waals surface area contributed by atoms with Gasteiger partial charge in [-0.05, 0) is 27.7 Å². The number of amides is 1. The fourth-order valence-corrected chi connectivity index (χ4v) is 2.82. The van der Waals surface area contributed by atoms with E-state index in [1.165, 1.54) is 0 Å². The van der Waals surface area contributed by atoms with E-state index in [2.05, 4.69) is 23.3 Å². The van der Waals surface area contributed by atoms with E-state index in [1.807, 2.05) is 25.7 Å². The van der Waals surface area contributed by atoms with Crippen molar-refractivity contribution in [1.29, 1.82) is 0 Å². The van der Waals surface area contributed by atoms with Crippen LogP contribution >= 0.6 is 0 Å². The first-order valence-electron chi connectivity index (χ1n) is 7.90. The van der Waals surface area contributed by atoms with Crippen LogP contribution in [0.15, 0.2) is 12.2 Å². The fraction of sp³-hybridized carbons (Fsp3) is 0.812. The average Bonchev–Trinajstić information content (AvgIpc) is 2.38. The highest BCUT2D eigenvalue weighted by Crippen LogP contribution is 2.10. The van der Waals surface area contributed by atoms with E-state index in [0.717, 1.165) is 31.8 Å². The molecular weight excluding hydrogens is 266 g/mol. The molecule has 0 aliphatic carbocycles. The summed E-state index contributed by atoms with van der Waals surface area (Å²) in [6.07, 6.45) is -0.299. The fourth-order valence-electron chi connectivity index (χ4n) is 2.82.